The molecule has 0 atom stereocenters. The van der Waals surface area contributed by atoms with Crippen molar-refractivity contribution in [3.8, 4) is 0 Å². The Balaban J connectivity index is 1.75. The van der Waals surface area contributed by atoms with Crippen molar-refractivity contribution in [3.63, 3.8) is 0 Å². The molecule has 0 aliphatic carbocycles. The molecule has 8 heteroatoms. The largest absolute Gasteiger partial charge is 0.352 e. The lowest BCUT2D eigenvalue weighted by Crippen LogP contribution is -2.30. The van der Waals surface area contributed by atoms with E-state index in [0.29, 0.717) is 50.2 Å². The van der Waals surface area contributed by atoms with Crippen molar-refractivity contribution < 1.29 is 9.59 Å². The predicted molar refractivity (Wildman–Crippen MR) is 111 cm³/mol. The summed E-state index contributed by atoms with van der Waals surface area (Å²) in [6.07, 6.45) is 0.611. The van der Waals surface area contributed by atoms with Crippen LogP contribution in [0.4, 0.5) is 0 Å². The second kappa shape index (κ2) is 9.47. The van der Waals surface area contributed by atoms with Gasteiger partial charge in [-0.1, -0.05) is 0 Å². The summed E-state index contributed by atoms with van der Waals surface area (Å²) in [5.41, 5.74) is 1.02. The van der Waals surface area contributed by atoms with E-state index in [1.54, 1.807) is 36.4 Å². The van der Waals surface area contributed by atoms with E-state index < -0.39 is 0 Å². The van der Waals surface area contributed by atoms with Crippen molar-refractivity contribution in [3.05, 3.63) is 47.5 Å². The first-order chi connectivity index (χ1) is 11.8. The molecule has 0 aliphatic rings. The molecule has 0 unspecified atom stereocenters. The van der Waals surface area contributed by atoms with Crippen LogP contribution < -0.4 is 10.6 Å². The zero-order valence-electron chi connectivity index (χ0n) is 13.2. The summed E-state index contributed by atoms with van der Waals surface area (Å²) in [7, 11) is 0. The number of amides is 2. The maximum Gasteiger partial charge on any atom is 0.251 e. The summed E-state index contributed by atoms with van der Waals surface area (Å²) in [5, 5.41) is 5.61. The van der Waals surface area contributed by atoms with Crippen LogP contribution in [-0.2, 0) is 0 Å². The van der Waals surface area contributed by atoms with Crippen LogP contribution in [0, 0.1) is 0 Å². The number of carbonyl (C=O) groups is 2. The SMILES string of the molecule is O=C(NCCCNC(=O)c1cc(S)cc(S)c1)c1cc(S)cc(S)c1. The van der Waals surface area contributed by atoms with Crippen LogP contribution in [0.25, 0.3) is 0 Å². The minimum atomic E-state index is -0.194. The Hall–Kier alpha value is -1.22. The van der Waals surface area contributed by atoms with Gasteiger partial charge in [0.2, 0.25) is 0 Å². The Morgan fingerprint density at radius 2 is 0.960 bits per heavy atom. The van der Waals surface area contributed by atoms with Crippen LogP contribution in [0.5, 0.6) is 0 Å². The van der Waals surface area contributed by atoms with E-state index in [9.17, 15) is 9.59 Å². The second-order valence-corrected chi connectivity index (χ2v) is 7.41. The summed E-state index contributed by atoms with van der Waals surface area (Å²) in [6.45, 7) is 0.893. The topological polar surface area (TPSA) is 58.2 Å². The molecular weight excluding hydrogens is 392 g/mol. The molecule has 2 aromatic carbocycles. The summed E-state index contributed by atoms with van der Waals surface area (Å²) < 4.78 is 0. The van der Waals surface area contributed by atoms with E-state index in [1.165, 1.54) is 0 Å². The molecule has 2 amide bonds. The van der Waals surface area contributed by atoms with Crippen LogP contribution in [0.3, 0.4) is 0 Å². The average molecular weight is 411 g/mol. The van der Waals surface area contributed by atoms with Gasteiger partial charge in [0.25, 0.3) is 11.8 Å². The summed E-state index contributed by atoms with van der Waals surface area (Å²) >= 11 is 16.9. The van der Waals surface area contributed by atoms with Gasteiger partial charge in [-0.15, -0.1) is 50.5 Å². The highest BCUT2D eigenvalue weighted by Crippen LogP contribution is 2.17. The number of carbonyl (C=O) groups excluding carboxylic acids is 2. The highest BCUT2D eigenvalue weighted by Gasteiger charge is 2.08. The Labute approximate surface area is 168 Å². The van der Waals surface area contributed by atoms with Crippen LogP contribution in [-0.4, -0.2) is 24.9 Å². The quantitative estimate of drug-likeness (QED) is 0.327. The van der Waals surface area contributed by atoms with Gasteiger partial charge in [-0.25, -0.2) is 0 Å². The van der Waals surface area contributed by atoms with Crippen LogP contribution in [0.15, 0.2) is 56.0 Å². The van der Waals surface area contributed by atoms with Crippen molar-refractivity contribution in [1.29, 1.82) is 0 Å². The minimum absolute atomic E-state index is 0.194. The first kappa shape index (κ1) is 20.1. The first-order valence-corrected chi connectivity index (χ1v) is 9.26. The zero-order valence-corrected chi connectivity index (χ0v) is 16.8. The van der Waals surface area contributed by atoms with Gasteiger partial charge in [0.15, 0.2) is 0 Å². The van der Waals surface area contributed by atoms with Crippen molar-refractivity contribution in [2.24, 2.45) is 0 Å². The lowest BCUT2D eigenvalue weighted by Gasteiger charge is -2.08. The molecule has 25 heavy (non-hydrogen) atoms. The molecule has 2 aromatic rings. The zero-order chi connectivity index (χ0) is 18.4. The van der Waals surface area contributed by atoms with Crippen LogP contribution in [0.1, 0.15) is 27.1 Å². The van der Waals surface area contributed by atoms with Gasteiger partial charge in [-0.3, -0.25) is 9.59 Å². The molecule has 2 rings (SSSR count). The Morgan fingerprint density at radius 1 is 0.640 bits per heavy atom. The van der Waals surface area contributed by atoms with Gasteiger partial charge in [0.05, 0.1) is 0 Å². The van der Waals surface area contributed by atoms with Gasteiger partial charge in [0.1, 0.15) is 0 Å². The van der Waals surface area contributed by atoms with Crippen LogP contribution in [0.2, 0.25) is 0 Å². The lowest BCUT2D eigenvalue weighted by molar-refractivity contribution is 0.0951. The third kappa shape index (κ3) is 6.54. The third-order valence-corrected chi connectivity index (χ3v) is 4.29. The van der Waals surface area contributed by atoms with E-state index in [0.717, 1.165) is 0 Å². The third-order valence-electron chi connectivity index (χ3n) is 3.25. The maximum absolute atomic E-state index is 12.1. The Kier molecular flexibility index (Phi) is 7.61. The summed E-state index contributed by atoms with van der Waals surface area (Å²) in [4.78, 5) is 26.8. The first-order valence-electron chi connectivity index (χ1n) is 7.47. The Morgan fingerprint density at radius 3 is 1.28 bits per heavy atom. The molecule has 4 nitrogen and oxygen atoms in total. The van der Waals surface area contributed by atoms with E-state index in [1.807, 2.05) is 0 Å². The van der Waals surface area contributed by atoms with Crippen LogP contribution >= 0.6 is 50.5 Å². The van der Waals surface area contributed by atoms with Gasteiger partial charge in [-0.05, 0) is 42.8 Å². The molecule has 0 aromatic heterocycles. The number of thiol groups is 4. The highest BCUT2D eigenvalue weighted by molar-refractivity contribution is 7.81. The molecule has 0 heterocycles. The Bertz CT molecular complexity index is 690. The molecule has 0 saturated carbocycles. The summed E-state index contributed by atoms with van der Waals surface area (Å²) in [6, 6.07) is 10.2. The maximum atomic E-state index is 12.1. The van der Waals surface area contributed by atoms with Gasteiger partial charge in [0, 0.05) is 43.8 Å². The van der Waals surface area contributed by atoms with Crippen molar-refractivity contribution in [2.75, 3.05) is 13.1 Å². The van der Waals surface area contributed by atoms with Gasteiger partial charge >= 0.3 is 0 Å². The van der Waals surface area contributed by atoms with Crippen molar-refractivity contribution in [1.82, 2.24) is 10.6 Å². The van der Waals surface area contributed by atoms with E-state index in [4.69, 9.17) is 0 Å². The number of benzene rings is 2. The fourth-order valence-corrected chi connectivity index (χ4v) is 3.47. The average Bonchev–Trinajstić information content (AvgIpc) is 2.52. The van der Waals surface area contributed by atoms with Crippen molar-refractivity contribution in [2.45, 2.75) is 26.0 Å². The molecular formula is C17H18N2O2S4. The molecule has 132 valence electrons. The number of nitrogens with one attached hydrogen (secondary N) is 2. The van der Waals surface area contributed by atoms with Crippen molar-refractivity contribution >= 4 is 62.3 Å². The predicted octanol–water partition coefficient (Wildman–Crippen LogP) is 3.39. The molecule has 0 spiro atoms. The van der Waals surface area contributed by atoms with E-state index >= 15 is 0 Å². The van der Waals surface area contributed by atoms with Gasteiger partial charge in [-0.2, -0.15) is 0 Å². The molecule has 0 saturated heterocycles. The monoisotopic (exact) mass is 410 g/mol. The normalized spacial score (nSPS) is 10.4. The number of rotatable bonds is 6. The number of hydrogen-bond acceptors (Lipinski definition) is 6. The van der Waals surface area contributed by atoms with E-state index in [2.05, 4.69) is 61.1 Å². The summed E-state index contributed by atoms with van der Waals surface area (Å²) in [5.74, 6) is -0.389. The lowest BCUT2D eigenvalue weighted by atomic mass is 10.2. The van der Waals surface area contributed by atoms with E-state index in [-0.39, 0.29) is 11.8 Å². The molecule has 0 radical (unpaired) electrons. The molecule has 0 aliphatic heterocycles. The fourth-order valence-electron chi connectivity index (χ4n) is 2.15. The fraction of sp³-hybridized carbons (Fsp3) is 0.176. The molecule has 2 N–H and O–H groups in total. The van der Waals surface area contributed by atoms with Gasteiger partial charge < -0.3 is 10.6 Å². The molecule has 0 fully saturated rings. The minimum Gasteiger partial charge on any atom is -0.352 e. The second-order valence-electron chi connectivity index (χ2n) is 5.34. The highest BCUT2D eigenvalue weighted by atomic mass is 32.1. The number of hydrogen-bond donors (Lipinski definition) is 6. The standard InChI is InChI=1S/C17H18N2O2S4/c20-16(10-4-12(22)8-13(23)5-10)18-2-1-3-19-17(21)11-6-14(24)9-15(25)7-11/h4-9,22-25H,1-3H2,(H,18,20)(H,19,21). The smallest absolute Gasteiger partial charge is 0.251 e. The molecule has 0 bridgehead atoms.